The zero-order valence-corrected chi connectivity index (χ0v) is 15.4. The smallest absolute Gasteiger partial charge is 0.407 e. The van der Waals surface area contributed by atoms with E-state index in [1.807, 2.05) is 0 Å². The van der Waals surface area contributed by atoms with Gasteiger partial charge in [-0.05, 0) is 44.2 Å². The fraction of sp³-hybridized carbons (Fsp3) is 0.368. The molecule has 0 aliphatic rings. The van der Waals surface area contributed by atoms with Crippen molar-refractivity contribution < 1.29 is 24.4 Å². The number of ether oxygens (including phenoxy) is 1. The van der Waals surface area contributed by atoms with E-state index < -0.39 is 28.5 Å². The molecule has 8 nitrogen and oxygen atoms in total. The van der Waals surface area contributed by atoms with Crippen molar-refractivity contribution in [3.8, 4) is 0 Å². The molecule has 2 rings (SSSR count). The number of nitro benzene ring substituents is 1. The van der Waals surface area contributed by atoms with Gasteiger partial charge in [0.15, 0.2) is 0 Å². The Kier molecular flexibility index (Phi) is 5.99. The first-order valence-electron chi connectivity index (χ1n) is 8.43. The molecule has 0 aromatic heterocycles. The summed E-state index contributed by atoms with van der Waals surface area (Å²) in [6, 6.07) is 9.72. The Balaban J connectivity index is 2.22. The van der Waals surface area contributed by atoms with Crippen molar-refractivity contribution in [2.24, 2.45) is 5.92 Å². The van der Waals surface area contributed by atoms with Crippen LogP contribution in [0.1, 0.15) is 26.3 Å². The number of benzene rings is 2. The normalized spacial score (nSPS) is 12.4. The Morgan fingerprint density at radius 3 is 2.37 bits per heavy atom. The van der Waals surface area contributed by atoms with Crippen molar-refractivity contribution in [2.75, 3.05) is 6.54 Å². The second-order valence-corrected chi connectivity index (χ2v) is 7.17. The molecule has 0 spiro atoms. The van der Waals surface area contributed by atoms with Crippen molar-refractivity contribution in [3.63, 3.8) is 0 Å². The van der Waals surface area contributed by atoms with Crippen molar-refractivity contribution in [3.05, 3.63) is 52.1 Å². The number of non-ortho nitro benzene ring substituents is 1. The Morgan fingerprint density at radius 1 is 1.19 bits per heavy atom. The first-order valence-corrected chi connectivity index (χ1v) is 8.43. The maximum absolute atomic E-state index is 11.8. The van der Waals surface area contributed by atoms with Crippen molar-refractivity contribution in [2.45, 2.75) is 32.8 Å². The summed E-state index contributed by atoms with van der Waals surface area (Å²) in [7, 11) is 0. The quantitative estimate of drug-likeness (QED) is 0.590. The fourth-order valence-electron chi connectivity index (χ4n) is 2.72. The second kappa shape index (κ2) is 8.03. The van der Waals surface area contributed by atoms with Crippen LogP contribution in [0.15, 0.2) is 36.4 Å². The van der Waals surface area contributed by atoms with E-state index in [0.29, 0.717) is 16.3 Å². The van der Waals surface area contributed by atoms with Crippen LogP contribution >= 0.6 is 0 Å². The molecular formula is C19H22N2O6. The first kappa shape index (κ1) is 20.2. The average molecular weight is 374 g/mol. The summed E-state index contributed by atoms with van der Waals surface area (Å²) >= 11 is 0. The lowest BCUT2D eigenvalue weighted by molar-refractivity contribution is -0.383. The lowest BCUT2D eigenvalue weighted by Gasteiger charge is -2.21. The van der Waals surface area contributed by atoms with Crippen molar-refractivity contribution >= 4 is 28.5 Å². The topological polar surface area (TPSA) is 119 Å². The van der Waals surface area contributed by atoms with Crippen LogP contribution in [0, 0.1) is 16.0 Å². The highest BCUT2D eigenvalue weighted by atomic mass is 16.6. The Labute approximate surface area is 156 Å². The fourth-order valence-corrected chi connectivity index (χ4v) is 2.72. The summed E-state index contributed by atoms with van der Waals surface area (Å²) in [6.07, 6.45) is -0.578. The maximum atomic E-state index is 11.8. The molecule has 8 heteroatoms. The number of alkyl carbamates (subject to hydrolysis) is 1. The third-order valence-corrected chi connectivity index (χ3v) is 3.90. The number of aliphatic carboxylic acids is 1. The standard InChI is InChI=1S/C19H22N2O6/c1-19(2,3)27-18(24)20-11-13(17(22)23)10-12-8-9-16(21(25)26)15-7-5-4-6-14(12)15/h4-9,13H,10-11H2,1-3H3,(H,20,24)(H,22,23)/t13-/m1/s1. The average Bonchev–Trinajstić information content (AvgIpc) is 2.56. The number of nitrogens with zero attached hydrogens (tertiary/aromatic N) is 1. The number of carboxylic acid groups (broad SMARTS) is 1. The molecule has 0 heterocycles. The van der Waals surface area contributed by atoms with Crippen LogP contribution in [0.5, 0.6) is 0 Å². The Bertz CT molecular complexity index is 872. The molecule has 0 fully saturated rings. The van der Waals surface area contributed by atoms with Gasteiger partial charge in [0, 0.05) is 12.6 Å². The largest absolute Gasteiger partial charge is 0.481 e. The number of carbonyl (C=O) groups is 2. The number of hydrogen-bond acceptors (Lipinski definition) is 5. The van der Waals surface area contributed by atoms with Crippen LogP contribution in [-0.4, -0.2) is 34.2 Å². The molecule has 0 aliphatic heterocycles. The molecule has 0 bridgehead atoms. The highest BCUT2D eigenvalue weighted by Gasteiger charge is 2.23. The summed E-state index contributed by atoms with van der Waals surface area (Å²) < 4.78 is 5.11. The maximum Gasteiger partial charge on any atom is 0.407 e. The molecule has 144 valence electrons. The van der Waals surface area contributed by atoms with E-state index in [4.69, 9.17) is 4.74 Å². The molecule has 2 N–H and O–H groups in total. The summed E-state index contributed by atoms with van der Waals surface area (Å²) in [5.41, 5.74) is -0.0557. The van der Waals surface area contributed by atoms with Gasteiger partial charge in [-0.15, -0.1) is 0 Å². The molecule has 0 aliphatic carbocycles. The third-order valence-electron chi connectivity index (χ3n) is 3.90. The van der Waals surface area contributed by atoms with E-state index in [1.54, 1.807) is 51.1 Å². The van der Waals surface area contributed by atoms with Crippen molar-refractivity contribution in [1.82, 2.24) is 5.32 Å². The van der Waals surface area contributed by atoms with Gasteiger partial charge in [-0.1, -0.05) is 24.3 Å². The summed E-state index contributed by atoms with van der Waals surface area (Å²) in [5.74, 6) is -1.98. The van der Waals surface area contributed by atoms with Gasteiger partial charge in [0.05, 0.1) is 16.2 Å². The Hall–Kier alpha value is -3.16. The van der Waals surface area contributed by atoms with Crippen LogP contribution in [-0.2, 0) is 16.0 Å². The zero-order chi connectivity index (χ0) is 20.2. The monoisotopic (exact) mass is 374 g/mol. The molecule has 0 saturated carbocycles. The van der Waals surface area contributed by atoms with Gasteiger partial charge < -0.3 is 15.2 Å². The summed E-state index contributed by atoms with van der Waals surface area (Å²) in [4.78, 5) is 34.1. The number of amides is 1. The van der Waals surface area contributed by atoms with Gasteiger partial charge in [-0.3, -0.25) is 14.9 Å². The minimum absolute atomic E-state index is 0.0342. The Morgan fingerprint density at radius 2 is 1.81 bits per heavy atom. The minimum Gasteiger partial charge on any atom is -0.481 e. The molecular weight excluding hydrogens is 352 g/mol. The van der Waals surface area contributed by atoms with Crippen LogP contribution in [0.4, 0.5) is 10.5 Å². The van der Waals surface area contributed by atoms with Gasteiger partial charge in [0.1, 0.15) is 5.60 Å². The molecule has 0 unspecified atom stereocenters. The second-order valence-electron chi connectivity index (χ2n) is 7.17. The minimum atomic E-state index is -1.08. The molecule has 0 radical (unpaired) electrons. The number of carboxylic acids is 1. The van der Waals surface area contributed by atoms with E-state index in [1.165, 1.54) is 6.07 Å². The number of fused-ring (bicyclic) bond motifs is 1. The van der Waals surface area contributed by atoms with Crippen LogP contribution in [0.2, 0.25) is 0 Å². The van der Waals surface area contributed by atoms with E-state index >= 15 is 0 Å². The van der Waals surface area contributed by atoms with Crippen molar-refractivity contribution in [1.29, 1.82) is 0 Å². The van der Waals surface area contributed by atoms with Crippen LogP contribution in [0.25, 0.3) is 10.8 Å². The molecule has 1 atom stereocenters. The number of hydrogen-bond donors (Lipinski definition) is 2. The van der Waals surface area contributed by atoms with Gasteiger partial charge in [-0.25, -0.2) is 4.79 Å². The number of nitrogens with one attached hydrogen (secondary N) is 1. The zero-order valence-electron chi connectivity index (χ0n) is 15.4. The number of carbonyl (C=O) groups excluding carboxylic acids is 1. The predicted molar refractivity (Wildman–Crippen MR) is 99.7 cm³/mol. The highest BCUT2D eigenvalue weighted by Crippen LogP contribution is 2.29. The van der Waals surface area contributed by atoms with Gasteiger partial charge in [-0.2, -0.15) is 0 Å². The van der Waals surface area contributed by atoms with E-state index in [9.17, 15) is 24.8 Å². The highest BCUT2D eigenvalue weighted by molar-refractivity contribution is 5.93. The van der Waals surface area contributed by atoms with Crippen LogP contribution < -0.4 is 5.32 Å². The van der Waals surface area contributed by atoms with E-state index in [0.717, 1.165) is 0 Å². The lowest BCUT2D eigenvalue weighted by Crippen LogP contribution is -2.37. The van der Waals surface area contributed by atoms with E-state index in [-0.39, 0.29) is 18.7 Å². The third kappa shape index (κ3) is 5.40. The SMILES string of the molecule is CC(C)(C)OC(=O)NC[C@@H](Cc1ccc([N+](=O)[O-])c2ccccc12)C(=O)O. The van der Waals surface area contributed by atoms with Gasteiger partial charge >= 0.3 is 12.1 Å². The number of nitro groups is 1. The lowest BCUT2D eigenvalue weighted by atomic mass is 9.94. The van der Waals surface area contributed by atoms with E-state index in [2.05, 4.69) is 5.32 Å². The molecule has 0 saturated heterocycles. The van der Waals surface area contributed by atoms with Gasteiger partial charge in [0.25, 0.3) is 5.69 Å². The first-order chi connectivity index (χ1) is 12.6. The number of rotatable bonds is 6. The molecule has 27 heavy (non-hydrogen) atoms. The molecule has 2 aromatic carbocycles. The van der Waals surface area contributed by atoms with Crippen LogP contribution in [0.3, 0.4) is 0 Å². The predicted octanol–water partition coefficient (Wildman–Crippen LogP) is 3.52. The molecule has 2 aromatic rings. The van der Waals surface area contributed by atoms with Gasteiger partial charge in [0.2, 0.25) is 0 Å². The summed E-state index contributed by atoms with van der Waals surface area (Å²) in [6.45, 7) is 5.02. The summed E-state index contributed by atoms with van der Waals surface area (Å²) in [5, 5.41) is 24.2. The molecule has 1 amide bonds.